The summed E-state index contributed by atoms with van der Waals surface area (Å²) in [5.74, 6) is -2.47. The van der Waals surface area contributed by atoms with Gasteiger partial charge in [0.15, 0.2) is 0 Å². The standard InChI is InChI=1S/C27H29F3N5O7P/c1-5-41-43(39,42-6-2)14-15-7-9-19(21(11-15)40-4)33-26-31-12-18(27(28,29)30)23(34-26)32-20-10-8-16(25(37)38)17-13-35(3)24(36)22(17)20/h7-12H,5-6,13-14H2,1-4H3,(H,37,38)(H2,31,32,33,34). The maximum Gasteiger partial charge on any atom is 0.421 e. The topological polar surface area (TPSA) is 152 Å². The number of carbonyl (C=O) groups excluding carboxylic acids is 1. The van der Waals surface area contributed by atoms with Crippen molar-refractivity contribution >= 4 is 42.6 Å². The predicted molar refractivity (Wildman–Crippen MR) is 150 cm³/mol. The van der Waals surface area contributed by atoms with Gasteiger partial charge in [-0.2, -0.15) is 18.2 Å². The van der Waals surface area contributed by atoms with Gasteiger partial charge in [-0.15, -0.1) is 0 Å². The normalized spacial score (nSPS) is 13.2. The number of nitrogens with zero attached hydrogens (tertiary/aromatic N) is 3. The molecule has 0 fully saturated rings. The van der Waals surface area contributed by atoms with Crippen LogP contribution in [0.1, 0.15) is 51.3 Å². The molecule has 2 heterocycles. The highest BCUT2D eigenvalue weighted by Crippen LogP contribution is 2.51. The van der Waals surface area contributed by atoms with E-state index in [1.54, 1.807) is 32.0 Å². The minimum absolute atomic E-state index is 0.0194. The zero-order chi connectivity index (χ0) is 31.5. The number of benzene rings is 2. The van der Waals surface area contributed by atoms with Crippen LogP contribution in [0.5, 0.6) is 5.75 Å². The number of carboxylic acids is 1. The Bertz CT molecular complexity index is 1590. The molecule has 3 N–H and O–H groups in total. The summed E-state index contributed by atoms with van der Waals surface area (Å²) in [6.45, 7) is 3.75. The number of hydrogen-bond acceptors (Lipinski definition) is 10. The summed E-state index contributed by atoms with van der Waals surface area (Å²) in [6.07, 6.45) is -4.31. The maximum atomic E-state index is 13.9. The van der Waals surface area contributed by atoms with Crippen molar-refractivity contribution in [2.45, 2.75) is 32.7 Å². The second-order valence-electron chi connectivity index (χ2n) is 9.32. The van der Waals surface area contributed by atoms with Crippen LogP contribution in [-0.4, -0.2) is 59.2 Å². The molecule has 2 aromatic carbocycles. The van der Waals surface area contributed by atoms with Crippen LogP contribution in [0.3, 0.4) is 0 Å². The Balaban J connectivity index is 1.69. The molecule has 43 heavy (non-hydrogen) atoms. The van der Waals surface area contributed by atoms with Crippen molar-refractivity contribution in [1.29, 1.82) is 0 Å². The molecular formula is C27H29F3N5O7P. The minimum Gasteiger partial charge on any atom is -0.495 e. The van der Waals surface area contributed by atoms with Gasteiger partial charge in [-0.1, -0.05) is 6.07 Å². The fraction of sp³-hybridized carbons (Fsp3) is 0.333. The number of carboxylic acid groups (broad SMARTS) is 1. The van der Waals surface area contributed by atoms with Crippen LogP contribution >= 0.6 is 7.60 Å². The van der Waals surface area contributed by atoms with Crippen molar-refractivity contribution in [2.24, 2.45) is 0 Å². The average Bonchev–Trinajstić information content (AvgIpc) is 3.23. The van der Waals surface area contributed by atoms with Gasteiger partial charge in [0.05, 0.1) is 49.0 Å². The Morgan fingerprint density at radius 2 is 1.79 bits per heavy atom. The SMILES string of the molecule is CCOP(=O)(Cc1ccc(Nc2ncc(C(F)(F)F)c(Nc3ccc(C(=O)O)c4c3C(=O)N(C)C4)n2)c(OC)c1)OCC. The van der Waals surface area contributed by atoms with E-state index in [-0.39, 0.29) is 60.0 Å². The van der Waals surface area contributed by atoms with E-state index in [0.29, 0.717) is 17.4 Å². The van der Waals surface area contributed by atoms with Gasteiger partial charge in [0.25, 0.3) is 5.91 Å². The van der Waals surface area contributed by atoms with E-state index < -0.39 is 37.0 Å². The van der Waals surface area contributed by atoms with Crippen LogP contribution < -0.4 is 15.4 Å². The molecule has 0 bridgehead atoms. The smallest absolute Gasteiger partial charge is 0.421 e. The van der Waals surface area contributed by atoms with Crippen LogP contribution in [0.2, 0.25) is 0 Å². The summed E-state index contributed by atoms with van der Waals surface area (Å²) in [5.41, 5.74) is -0.405. The van der Waals surface area contributed by atoms with E-state index in [9.17, 15) is 32.4 Å². The van der Waals surface area contributed by atoms with E-state index in [0.717, 1.165) is 0 Å². The molecule has 1 amide bonds. The van der Waals surface area contributed by atoms with Gasteiger partial charge in [0, 0.05) is 25.4 Å². The van der Waals surface area contributed by atoms with E-state index in [4.69, 9.17) is 13.8 Å². The Hall–Kier alpha value is -4.20. The molecular weight excluding hydrogens is 594 g/mol. The molecule has 4 rings (SSSR count). The molecule has 230 valence electrons. The Labute approximate surface area is 244 Å². The minimum atomic E-state index is -4.86. The zero-order valence-electron chi connectivity index (χ0n) is 23.6. The van der Waals surface area contributed by atoms with Crippen LogP contribution in [-0.2, 0) is 32.5 Å². The fourth-order valence-electron chi connectivity index (χ4n) is 4.54. The van der Waals surface area contributed by atoms with Crippen molar-refractivity contribution in [2.75, 3.05) is 38.0 Å². The Morgan fingerprint density at radius 3 is 2.40 bits per heavy atom. The quantitative estimate of drug-likeness (QED) is 0.203. The first-order chi connectivity index (χ1) is 20.3. The highest BCUT2D eigenvalue weighted by atomic mass is 31.2. The fourth-order valence-corrected chi connectivity index (χ4v) is 6.22. The molecule has 0 atom stereocenters. The summed E-state index contributed by atoms with van der Waals surface area (Å²) in [5, 5.41) is 14.9. The number of anilines is 4. The molecule has 1 aliphatic heterocycles. The van der Waals surface area contributed by atoms with Crippen molar-refractivity contribution in [3.8, 4) is 5.75 Å². The lowest BCUT2D eigenvalue weighted by Gasteiger charge is -2.19. The number of alkyl halides is 3. The van der Waals surface area contributed by atoms with Gasteiger partial charge < -0.3 is 34.4 Å². The number of carbonyl (C=O) groups is 2. The van der Waals surface area contributed by atoms with E-state index in [2.05, 4.69) is 20.6 Å². The molecule has 0 radical (unpaired) electrons. The van der Waals surface area contributed by atoms with Crippen molar-refractivity contribution in [3.63, 3.8) is 0 Å². The molecule has 0 aliphatic carbocycles. The lowest BCUT2D eigenvalue weighted by molar-refractivity contribution is -0.137. The van der Waals surface area contributed by atoms with Gasteiger partial charge in [-0.25, -0.2) is 9.78 Å². The summed E-state index contributed by atoms with van der Waals surface area (Å²) in [6, 6.07) is 7.18. The first-order valence-electron chi connectivity index (χ1n) is 13.0. The number of amides is 1. The maximum absolute atomic E-state index is 13.9. The molecule has 3 aromatic rings. The molecule has 1 aromatic heterocycles. The summed E-state index contributed by atoms with van der Waals surface area (Å²) < 4.78 is 70.9. The Kier molecular flexibility index (Phi) is 9.28. The highest BCUT2D eigenvalue weighted by molar-refractivity contribution is 7.53. The van der Waals surface area contributed by atoms with E-state index in [1.807, 2.05) is 0 Å². The molecule has 0 unspecified atom stereocenters. The second kappa shape index (κ2) is 12.6. The number of aromatic nitrogens is 2. The first-order valence-corrected chi connectivity index (χ1v) is 14.7. The number of ether oxygens (including phenoxy) is 1. The number of rotatable bonds is 12. The van der Waals surface area contributed by atoms with Crippen LogP contribution in [0.25, 0.3) is 0 Å². The molecule has 0 saturated carbocycles. The number of methoxy groups -OCH3 is 1. The highest BCUT2D eigenvalue weighted by Gasteiger charge is 2.37. The number of hydrogen-bond donors (Lipinski definition) is 3. The average molecular weight is 624 g/mol. The monoisotopic (exact) mass is 623 g/mol. The van der Waals surface area contributed by atoms with Crippen molar-refractivity contribution in [3.05, 3.63) is 64.3 Å². The molecule has 16 heteroatoms. The second-order valence-corrected chi connectivity index (χ2v) is 11.4. The largest absolute Gasteiger partial charge is 0.495 e. The van der Waals surface area contributed by atoms with Crippen LogP contribution in [0.4, 0.5) is 36.3 Å². The number of halogens is 3. The number of fused-ring (bicyclic) bond motifs is 1. The Morgan fingerprint density at radius 1 is 1.12 bits per heavy atom. The molecule has 1 aliphatic rings. The third-order valence-corrected chi connectivity index (χ3v) is 8.44. The lowest BCUT2D eigenvalue weighted by Crippen LogP contribution is -2.18. The number of aromatic carboxylic acids is 1. The third-order valence-electron chi connectivity index (χ3n) is 6.39. The van der Waals surface area contributed by atoms with Gasteiger partial charge in [-0.3, -0.25) is 9.36 Å². The van der Waals surface area contributed by atoms with Gasteiger partial charge in [0.1, 0.15) is 17.1 Å². The van der Waals surface area contributed by atoms with Crippen LogP contribution in [0.15, 0.2) is 36.5 Å². The van der Waals surface area contributed by atoms with E-state index >= 15 is 0 Å². The molecule has 0 spiro atoms. The molecule has 12 nitrogen and oxygen atoms in total. The summed E-state index contributed by atoms with van der Waals surface area (Å²) in [7, 11) is -0.578. The number of nitrogens with one attached hydrogen (secondary N) is 2. The third kappa shape index (κ3) is 6.90. The van der Waals surface area contributed by atoms with Gasteiger partial charge in [-0.05, 0) is 43.7 Å². The summed E-state index contributed by atoms with van der Waals surface area (Å²) >= 11 is 0. The van der Waals surface area contributed by atoms with Gasteiger partial charge >= 0.3 is 19.7 Å². The zero-order valence-corrected chi connectivity index (χ0v) is 24.5. The first kappa shape index (κ1) is 31.7. The van der Waals surface area contributed by atoms with Crippen molar-refractivity contribution < 1.29 is 46.2 Å². The predicted octanol–water partition coefficient (Wildman–Crippen LogP) is 6.04. The van der Waals surface area contributed by atoms with E-state index in [1.165, 1.54) is 31.2 Å². The van der Waals surface area contributed by atoms with Crippen molar-refractivity contribution in [1.82, 2.24) is 14.9 Å². The van der Waals surface area contributed by atoms with Crippen LogP contribution in [0, 0.1) is 0 Å². The summed E-state index contributed by atoms with van der Waals surface area (Å²) in [4.78, 5) is 33.6. The lowest BCUT2D eigenvalue weighted by atomic mass is 10.0. The van der Waals surface area contributed by atoms with Gasteiger partial charge in [0.2, 0.25) is 5.95 Å². The molecule has 0 saturated heterocycles.